The number of nitrogens with two attached hydrogens (primary N) is 1. The van der Waals surface area contributed by atoms with Crippen LogP contribution in [0.1, 0.15) is 38.5 Å². The molecule has 0 aliphatic heterocycles. The van der Waals surface area contributed by atoms with Crippen molar-refractivity contribution in [1.82, 2.24) is 9.03 Å². The molecular weight excluding hydrogens is 258 g/mol. The lowest BCUT2D eigenvalue weighted by atomic mass is 9.91. The molecular formula is C10H21N3O2S2. The zero-order valence-corrected chi connectivity index (χ0v) is 12.0. The van der Waals surface area contributed by atoms with Crippen molar-refractivity contribution in [1.29, 1.82) is 0 Å². The molecule has 0 aromatic heterocycles. The van der Waals surface area contributed by atoms with Crippen molar-refractivity contribution in [2.75, 3.05) is 14.1 Å². The predicted molar refractivity (Wildman–Crippen MR) is 73.0 cm³/mol. The van der Waals surface area contributed by atoms with Crippen LogP contribution in [0.2, 0.25) is 0 Å². The monoisotopic (exact) mass is 279 g/mol. The Balaban J connectivity index is 2.96. The summed E-state index contributed by atoms with van der Waals surface area (Å²) in [7, 11) is -0.517. The topological polar surface area (TPSA) is 75.4 Å². The molecule has 1 aliphatic rings. The molecule has 0 saturated heterocycles. The van der Waals surface area contributed by atoms with E-state index in [0.717, 1.165) is 30.0 Å². The Labute approximate surface area is 109 Å². The number of nitrogens with one attached hydrogen (secondary N) is 1. The SMILES string of the molecule is CN(C)S(=O)(=O)NC1(C(N)=S)CCCCCC1. The first kappa shape index (κ1) is 14.8. The fraction of sp³-hybridized carbons (Fsp3) is 0.900. The molecule has 0 atom stereocenters. The summed E-state index contributed by atoms with van der Waals surface area (Å²) in [5.41, 5.74) is 5.02. The molecule has 3 N–H and O–H groups in total. The van der Waals surface area contributed by atoms with Crippen LogP contribution >= 0.6 is 12.2 Å². The molecule has 0 aromatic carbocycles. The number of hydrogen-bond acceptors (Lipinski definition) is 3. The van der Waals surface area contributed by atoms with E-state index >= 15 is 0 Å². The van der Waals surface area contributed by atoms with Gasteiger partial charge in [0.2, 0.25) is 0 Å². The zero-order chi connectivity index (χ0) is 13.1. The fourth-order valence-corrected chi connectivity index (χ4v) is 3.38. The van der Waals surface area contributed by atoms with E-state index in [9.17, 15) is 8.42 Å². The third-order valence-electron chi connectivity index (χ3n) is 3.23. The highest BCUT2D eigenvalue weighted by Gasteiger charge is 2.38. The lowest BCUT2D eigenvalue weighted by Gasteiger charge is -2.33. The first-order valence-corrected chi connectivity index (χ1v) is 7.66. The minimum atomic E-state index is -3.50. The summed E-state index contributed by atoms with van der Waals surface area (Å²) in [5, 5.41) is 0. The summed E-state index contributed by atoms with van der Waals surface area (Å²) in [6.07, 6.45) is 5.49. The summed E-state index contributed by atoms with van der Waals surface area (Å²) >= 11 is 5.07. The molecule has 1 fully saturated rings. The Morgan fingerprint density at radius 2 is 1.71 bits per heavy atom. The van der Waals surface area contributed by atoms with Crippen LogP contribution in [0, 0.1) is 0 Å². The van der Waals surface area contributed by atoms with Gasteiger partial charge in [0.1, 0.15) is 0 Å². The molecule has 0 radical (unpaired) electrons. The first-order valence-electron chi connectivity index (χ1n) is 5.81. The molecule has 100 valence electrons. The molecule has 17 heavy (non-hydrogen) atoms. The maximum absolute atomic E-state index is 11.9. The molecule has 1 saturated carbocycles. The second-order valence-corrected chi connectivity index (χ2v) is 7.07. The lowest BCUT2D eigenvalue weighted by molar-refractivity contribution is 0.418. The van der Waals surface area contributed by atoms with Crippen LogP contribution in [0.5, 0.6) is 0 Å². The van der Waals surface area contributed by atoms with E-state index in [2.05, 4.69) is 4.72 Å². The normalized spacial score (nSPS) is 21.1. The van der Waals surface area contributed by atoms with Gasteiger partial charge in [-0.3, -0.25) is 0 Å². The molecule has 0 unspecified atom stereocenters. The second kappa shape index (κ2) is 5.60. The van der Waals surface area contributed by atoms with Crippen molar-refractivity contribution in [2.45, 2.75) is 44.1 Å². The van der Waals surface area contributed by atoms with Crippen LogP contribution in [-0.4, -0.2) is 37.3 Å². The highest BCUT2D eigenvalue weighted by Crippen LogP contribution is 2.28. The third-order valence-corrected chi connectivity index (χ3v) is 5.23. The predicted octanol–water partition coefficient (Wildman–Crippen LogP) is 0.761. The minimum Gasteiger partial charge on any atom is -0.392 e. The molecule has 1 aliphatic carbocycles. The highest BCUT2D eigenvalue weighted by atomic mass is 32.2. The van der Waals surface area contributed by atoms with Crippen LogP contribution < -0.4 is 10.5 Å². The molecule has 1 rings (SSSR count). The second-order valence-electron chi connectivity index (χ2n) is 4.75. The summed E-state index contributed by atoms with van der Waals surface area (Å²) in [4.78, 5) is 0.254. The smallest absolute Gasteiger partial charge is 0.279 e. The Morgan fingerprint density at radius 3 is 2.06 bits per heavy atom. The van der Waals surface area contributed by atoms with Crippen LogP contribution in [0.25, 0.3) is 0 Å². The van der Waals surface area contributed by atoms with Gasteiger partial charge in [0, 0.05) is 14.1 Å². The van der Waals surface area contributed by atoms with Gasteiger partial charge in [0.25, 0.3) is 10.2 Å². The van der Waals surface area contributed by atoms with E-state index in [1.54, 1.807) is 0 Å². The average Bonchev–Trinajstić information content (AvgIpc) is 2.43. The Kier molecular flexibility index (Phi) is 4.88. The van der Waals surface area contributed by atoms with Crippen LogP contribution in [0.4, 0.5) is 0 Å². The number of hydrogen-bond donors (Lipinski definition) is 2. The summed E-state index contributed by atoms with van der Waals surface area (Å²) in [6, 6.07) is 0. The quantitative estimate of drug-likeness (QED) is 0.588. The van der Waals surface area contributed by atoms with Crippen molar-refractivity contribution in [3.8, 4) is 0 Å². The molecule has 0 heterocycles. The highest BCUT2D eigenvalue weighted by molar-refractivity contribution is 7.87. The van der Waals surface area contributed by atoms with E-state index in [1.807, 2.05) is 0 Å². The van der Waals surface area contributed by atoms with E-state index in [0.29, 0.717) is 12.8 Å². The van der Waals surface area contributed by atoms with Gasteiger partial charge in [-0.2, -0.15) is 17.4 Å². The first-order chi connectivity index (χ1) is 7.80. The standard InChI is InChI=1S/C10H21N3O2S2/c1-13(2)17(14,15)12-10(9(11)16)7-5-3-4-6-8-10/h12H,3-8H2,1-2H3,(H2,11,16). The summed E-state index contributed by atoms with van der Waals surface area (Å²) in [5.74, 6) is 0. The zero-order valence-electron chi connectivity index (χ0n) is 10.4. The van der Waals surface area contributed by atoms with Gasteiger partial charge < -0.3 is 5.73 Å². The lowest BCUT2D eigenvalue weighted by Crippen LogP contribution is -2.58. The van der Waals surface area contributed by atoms with Crippen LogP contribution in [-0.2, 0) is 10.2 Å². The van der Waals surface area contributed by atoms with Crippen molar-refractivity contribution in [3.63, 3.8) is 0 Å². The van der Waals surface area contributed by atoms with Crippen LogP contribution in [0.15, 0.2) is 0 Å². The summed E-state index contributed by atoms with van der Waals surface area (Å²) in [6.45, 7) is 0. The van der Waals surface area contributed by atoms with Gasteiger partial charge in [-0.1, -0.05) is 37.9 Å². The third kappa shape index (κ3) is 3.61. The van der Waals surface area contributed by atoms with E-state index in [1.165, 1.54) is 14.1 Å². The van der Waals surface area contributed by atoms with Gasteiger partial charge >= 0.3 is 0 Å². The molecule has 0 bridgehead atoms. The summed E-state index contributed by atoms with van der Waals surface area (Å²) < 4.78 is 27.7. The Morgan fingerprint density at radius 1 is 1.24 bits per heavy atom. The molecule has 0 amide bonds. The van der Waals surface area contributed by atoms with Crippen molar-refractivity contribution >= 4 is 27.4 Å². The van der Waals surface area contributed by atoms with Gasteiger partial charge in [0.05, 0.1) is 10.5 Å². The Hall–Kier alpha value is -0.240. The van der Waals surface area contributed by atoms with E-state index in [-0.39, 0.29) is 4.99 Å². The van der Waals surface area contributed by atoms with Crippen LogP contribution in [0.3, 0.4) is 0 Å². The van der Waals surface area contributed by atoms with Gasteiger partial charge in [0.15, 0.2) is 0 Å². The fourth-order valence-electron chi connectivity index (χ4n) is 2.07. The molecule has 0 aromatic rings. The van der Waals surface area contributed by atoms with Crippen molar-refractivity contribution < 1.29 is 8.42 Å². The molecule has 5 nitrogen and oxygen atoms in total. The van der Waals surface area contributed by atoms with E-state index in [4.69, 9.17) is 18.0 Å². The number of thiocarbonyl (C=S) groups is 1. The molecule has 7 heteroatoms. The maximum atomic E-state index is 11.9. The maximum Gasteiger partial charge on any atom is 0.279 e. The number of rotatable bonds is 4. The minimum absolute atomic E-state index is 0.254. The number of nitrogens with zero attached hydrogens (tertiary/aromatic N) is 1. The van der Waals surface area contributed by atoms with Crippen molar-refractivity contribution in [2.24, 2.45) is 5.73 Å². The van der Waals surface area contributed by atoms with Gasteiger partial charge in [-0.25, -0.2) is 0 Å². The largest absolute Gasteiger partial charge is 0.392 e. The Bertz CT molecular complexity index is 371. The van der Waals surface area contributed by atoms with E-state index < -0.39 is 15.7 Å². The van der Waals surface area contributed by atoms with Gasteiger partial charge in [-0.15, -0.1) is 0 Å². The van der Waals surface area contributed by atoms with Crippen molar-refractivity contribution in [3.05, 3.63) is 0 Å². The molecule has 0 spiro atoms. The van der Waals surface area contributed by atoms with Gasteiger partial charge in [-0.05, 0) is 12.8 Å². The average molecular weight is 279 g/mol.